The molecule has 3 aromatic rings. The Morgan fingerprint density at radius 1 is 1.38 bits per heavy atom. The maximum absolute atomic E-state index is 6.04. The lowest BCUT2D eigenvalue weighted by molar-refractivity contribution is 0.419. The van der Waals surface area contributed by atoms with E-state index in [0.29, 0.717) is 23.1 Å². The third-order valence-electron chi connectivity index (χ3n) is 3.95. The lowest BCUT2D eigenvalue weighted by atomic mass is 10.1. The predicted molar refractivity (Wildman–Crippen MR) is 79.5 cm³/mol. The van der Waals surface area contributed by atoms with Crippen LogP contribution in [0.2, 0.25) is 0 Å². The summed E-state index contributed by atoms with van der Waals surface area (Å²) in [5, 5.41) is 8.76. The predicted octanol–water partition coefficient (Wildman–Crippen LogP) is 0.945. The first-order chi connectivity index (χ1) is 10.3. The van der Waals surface area contributed by atoms with Gasteiger partial charge in [-0.15, -0.1) is 5.10 Å². The minimum Gasteiger partial charge on any atom is -0.494 e. The van der Waals surface area contributed by atoms with Crippen LogP contribution in [-0.2, 0) is 0 Å². The molecule has 3 N–H and O–H groups in total. The summed E-state index contributed by atoms with van der Waals surface area (Å²) in [5.74, 6) is 2.18. The first kappa shape index (κ1) is 12.3. The van der Waals surface area contributed by atoms with Gasteiger partial charge in [-0.25, -0.2) is 9.97 Å². The Hall–Kier alpha value is -2.41. The van der Waals surface area contributed by atoms with E-state index in [9.17, 15) is 0 Å². The number of hydrogen-bond acceptors (Lipinski definition) is 6. The summed E-state index contributed by atoms with van der Waals surface area (Å²) in [6, 6.07) is 5.75. The van der Waals surface area contributed by atoms with E-state index >= 15 is 0 Å². The molecule has 0 aliphatic carbocycles. The standard InChI is InChI=1S/C14H16N6O/c1-21-10-4-2-3-9-11(10)17-14(15)20-13(9)18-12(19-20)8-5-6-16-7-8/h2-4,8,16H,5-7H2,1H3,(H2,15,17)/t8-/m1/s1. The first-order valence-corrected chi connectivity index (χ1v) is 6.97. The SMILES string of the molecule is COc1cccc2c1nc(N)n1nc([C@@H]3CCNC3)nc21. The molecule has 1 aromatic carbocycles. The fraction of sp³-hybridized carbons (Fsp3) is 0.357. The van der Waals surface area contributed by atoms with Gasteiger partial charge in [0, 0.05) is 17.8 Å². The van der Waals surface area contributed by atoms with E-state index in [0.717, 1.165) is 36.4 Å². The molecule has 7 heteroatoms. The number of nitrogens with one attached hydrogen (secondary N) is 1. The molecule has 2 aromatic heterocycles. The summed E-state index contributed by atoms with van der Waals surface area (Å²) < 4.78 is 6.97. The van der Waals surface area contributed by atoms with Crippen LogP contribution in [0.4, 0.5) is 5.95 Å². The van der Waals surface area contributed by atoms with Gasteiger partial charge >= 0.3 is 0 Å². The van der Waals surface area contributed by atoms with Crippen molar-refractivity contribution in [1.29, 1.82) is 0 Å². The number of nitrogens with zero attached hydrogens (tertiary/aromatic N) is 4. The average molecular weight is 284 g/mol. The summed E-state index contributed by atoms with van der Waals surface area (Å²) in [5.41, 5.74) is 7.49. The average Bonchev–Trinajstić information content (AvgIpc) is 3.16. The van der Waals surface area contributed by atoms with E-state index in [4.69, 9.17) is 15.5 Å². The van der Waals surface area contributed by atoms with Gasteiger partial charge in [0.15, 0.2) is 11.5 Å². The molecule has 1 aliphatic rings. The molecular formula is C14H16N6O. The van der Waals surface area contributed by atoms with Gasteiger partial charge in [-0.2, -0.15) is 4.52 Å². The van der Waals surface area contributed by atoms with Crippen LogP contribution in [0.25, 0.3) is 16.6 Å². The van der Waals surface area contributed by atoms with Crippen molar-refractivity contribution in [2.75, 3.05) is 25.9 Å². The van der Waals surface area contributed by atoms with Gasteiger partial charge in [-0.05, 0) is 25.1 Å². The van der Waals surface area contributed by atoms with Gasteiger partial charge in [0.25, 0.3) is 0 Å². The van der Waals surface area contributed by atoms with Gasteiger partial charge in [0.2, 0.25) is 5.95 Å². The Kier molecular flexibility index (Phi) is 2.68. The molecule has 0 spiro atoms. The van der Waals surface area contributed by atoms with Crippen LogP contribution >= 0.6 is 0 Å². The number of hydrogen-bond donors (Lipinski definition) is 2. The zero-order valence-corrected chi connectivity index (χ0v) is 11.7. The molecule has 1 atom stereocenters. The number of aromatic nitrogens is 4. The van der Waals surface area contributed by atoms with Crippen molar-refractivity contribution < 1.29 is 4.74 Å². The van der Waals surface area contributed by atoms with E-state index in [2.05, 4.69) is 15.4 Å². The monoisotopic (exact) mass is 284 g/mol. The van der Waals surface area contributed by atoms with E-state index in [-0.39, 0.29) is 0 Å². The van der Waals surface area contributed by atoms with Crippen LogP contribution in [-0.4, -0.2) is 39.8 Å². The van der Waals surface area contributed by atoms with Crippen LogP contribution in [0, 0.1) is 0 Å². The summed E-state index contributed by atoms with van der Waals surface area (Å²) in [6.45, 7) is 1.91. The molecule has 1 aliphatic heterocycles. The van der Waals surface area contributed by atoms with Crippen molar-refractivity contribution in [3.05, 3.63) is 24.0 Å². The third kappa shape index (κ3) is 1.81. The van der Waals surface area contributed by atoms with E-state index in [1.807, 2.05) is 18.2 Å². The van der Waals surface area contributed by atoms with Crippen LogP contribution in [0.3, 0.4) is 0 Å². The topological polar surface area (TPSA) is 90.4 Å². The highest BCUT2D eigenvalue weighted by molar-refractivity contribution is 5.95. The number of benzene rings is 1. The number of anilines is 1. The minimum absolute atomic E-state index is 0.326. The molecule has 0 bridgehead atoms. The molecule has 1 saturated heterocycles. The van der Waals surface area contributed by atoms with Gasteiger partial charge < -0.3 is 15.8 Å². The number of para-hydroxylation sites is 1. The lowest BCUT2D eigenvalue weighted by Crippen LogP contribution is -2.09. The summed E-state index contributed by atoms with van der Waals surface area (Å²) >= 11 is 0. The zero-order valence-electron chi connectivity index (χ0n) is 11.7. The molecule has 0 amide bonds. The highest BCUT2D eigenvalue weighted by Gasteiger charge is 2.23. The number of nitrogens with two attached hydrogens (primary N) is 1. The lowest BCUT2D eigenvalue weighted by Gasteiger charge is -2.06. The van der Waals surface area contributed by atoms with Crippen molar-refractivity contribution in [1.82, 2.24) is 24.9 Å². The van der Waals surface area contributed by atoms with Gasteiger partial charge in [-0.1, -0.05) is 6.07 Å². The van der Waals surface area contributed by atoms with Gasteiger partial charge in [-0.3, -0.25) is 0 Å². The maximum Gasteiger partial charge on any atom is 0.223 e. The van der Waals surface area contributed by atoms with Crippen LogP contribution < -0.4 is 15.8 Å². The second-order valence-corrected chi connectivity index (χ2v) is 5.22. The van der Waals surface area contributed by atoms with E-state index in [1.165, 1.54) is 0 Å². The summed E-state index contributed by atoms with van der Waals surface area (Å²) in [7, 11) is 1.62. The molecule has 3 heterocycles. The molecule has 4 rings (SSSR count). The van der Waals surface area contributed by atoms with Crippen molar-refractivity contribution in [2.24, 2.45) is 0 Å². The summed E-state index contributed by atoms with van der Waals surface area (Å²) in [6.07, 6.45) is 1.05. The third-order valence-corrected chi connectivity index (χ3v) is 3.95. The van der Waals surface area contributed by atoms with Crippen molar-refractivity contribution in [2.45, 2.75) is 12.3 Å². The fourth-order valence-electron chi connectivity index (χ4n) is 2.85. The number of fused-ring (bicyclic) bond motifs is 3. The number of methoxy groups -OCH3 is 1. The fourth-order valence-corrected chi connectivity index (χ4v) is 2.85. The Morgan fingerprint density at radius 3 is 3.05 bits per heavy atom. The Morgan fingerprint density at radius 2 is 2.29 bits per heavy atom. The molecule has 108 valence electrons. The normalized spacial score (nSPS) is 18.6. The van der Waals surface area contributed by atoms with Crippen molar-refractivity contribution in [3.8, 4) is 5.75 Å². The van der Waals surface area contributed by atoms with Gasteiger partial charge in [0.1, 0.15) is 11.3 Å². The highest BCUT2D eigenvalue weighted by atomic mass is 16.5. The molecule has 0 unspecified atom stereocenters. The quantitative estimate of drug-likeness (QED) is 0.728. The molecule has 0 radical (unpaired) electrons. The van der Waals surface area contributed by atoms with Crippen LogP contribution in [0.1, 0.15) is 18.2 Å². The zero-order chi connectivity index (χ0) is 14.4. The number of nitrogen functional groups attached to an aromatic ring is 1. The van der Waals surface area contributed by atoms with E-state index in [1.54, 1.807) is 11.6 Å². The smallest absolute Gasteiger partial charge is 0.223 e. The van der Waals surface area contributed by atoms with Crippen LogP contribution in [0.15, 0.2) is 18.2 Å². The highest BCUT2D eigenvalue weighted by Crippen LogP contribution is 2.29. The van der Waals surface area contributed by atoms with Crippen molar-refractivity contribution in [3.63, 3.8) is 0 Å². The Labute approximate surface area is 121 Å². The molecule has 1 fully saturated rings. The largest absolute Gasteiger partial charge is 0.494 e. The summed E-state index contributed by atoms with van der Waals surface area (Å²) in [4.78, 5) is 9.11. The van der Waals surface area contributed by atoms with Crippen LogP contribution in [0.5, 0.6) is 5.75 Å². The maximum atomic E-state index is 6.04. The second kappa shape index (κ2) is 4.56. The Bertz CT molecular complexity index is 821. The van der Waals surface area contributed by atoms with Crippen molar-refractivity contribution >= 4 is 22.5 Å². The Balaban J connectivity index is 2.00. The molecule has 21 heavy (non-hydrogen) atoms. The van der Waals surface area contributed by atoms with Gasteiger partial charge in [0.05, 0.1) is 7.11 Å². The number of ether oxygens (including phenoxy) is 1. The minimum atomic E-state index is 0.326. The van der Waals surface area contributed by atoms with E-state index < -0.39 is 0 Å². The second-order valence-electron chi connectivity index (χ2n) is 5.22. The molecule has 0 saturated carbocycles. The first-order valence-electron chi connectivity index (χ1n) is 6.97. The molecular weight excluding hydrogens is 268 g/mol. The number of rotatable bonds is 2. The molecule has 7 nitrogen and oxygen atoms in total.